The van der Waals surface area contributed by atoms with Crippen molar-refractivity contribution >= 4 is 17.2 Å². The van der Waals surface area contributed by atoms with Gasteiger partial charge < -0.3 is 10.0 Å². The molecule has 0 bridgehead atoms. The Morgan fingerprint density at radius 3 is 2.54 bits per heavy atom. The molecule has 1 amide bonds. The van der Waals surface area contributed by atoms with E-state index in [9.17, 15) is 23.1 Å². The first kappa shape index (κ1) is 18.8. The van der Waals surface area contributed by atoms with Gasteiger partial charge in [-0.05, 0) is 30.9 Å². The number of hydrogen-bond donors (Lipinski definition) is 1. The second-order valence-electron chi connectivity index (χ2n) is 6.66. The molecule has 1 aliphatic rings. The van der Waals surface area contributed by atoms with E-state index >= 15 is 0 Å². The molecule has 1 N–H and O–H groups in total. The van der Waals surface area contributed by atoms with Crippen LogP contribution in [-0.4, -0.2) is 40.6 Å². The number of amides is 1. The van der Waals surface area contributed by atoms with E-state index in [-0.39, 0.29) is 24.5 Å². The summed E-state index contributed by atoms with van der Waals surface area (Å²) in [5, 5.41) is 11.6. The molecule has 0 saturated carbocycles. The smallest absolute Gasteiger partial charge is 0.396 e. The molecule has 2 aromatic rings. The van der Waals surface area contributed by atoms with Gasteiger partial charge in [-0.25, -0.2) is 4.98 Å². The molecule has 1 aromatic carbocycles. The number of nitrogens with zero attached hydrogens (tertiary/aromatic N) is 2. The highest BCUT2D eigenvalue weighted by atomic mass is 32.1. The fourth-order valence-corrected chi connectivity index (χ4v) is 3.94. The average Bonchev–Trinajstić information content (AvgIpc) is 3.16. The number of alkyl halides is 3. The number of thiazole rings is 1. The van der Waals surface area contributed by atoms with Crippen LogP contribution in [0.3, 0.4) is 0 Å². The van der Waals surface area contributed by atoms with Gasteiger partial charge in [-0.1, -0.05) is 18.2 Å². The monoisotopic (exact) mass is 384 g/mol. The molecular weight excluding hydrogens is 365 g/mol. The summed E-state index contributed by atoms with van der Waals surface area (Å²) in [6.45, 7) is 0.578. The summed E-state index contributed by atoms with van der Waals surface area (Å²) in [6, 6.07) is 5.48. The number of aliphatic hydroxyl groups excluding tert-OH is 1. The van der Waals surface area contributed by atoms with Gasteiger partial charge in [0.25, 0.3) is 5.91 Å². The number of benzene rings is 1. The quantitative estimate of drug-likeness (QED) is 0.876. The third kappa shape index (κ3) is 3.91. The van der Waals surface area contributed by atoms with Crippen LogP contribution in [0.15, 0.2) is 35.2 Å². The van der Waals surface area contributed by atoms with Crippen LogP contribution in [0, 0.1) is 5.41 Å². The first-order valence-electron chi connectivity index (χ1n) is 8.28. The number of rotatable bonds is 4. The van der Waals surface area contributed by atoms with Crippen molar-refractivity contribution in [1.82, 2.24) is 9.88 Å². The number of likely N-dealkylation sites (tertiary alicyclic amines) is 1. The molecule has 4 nitrogen and oxygen atoms in total. The van der Waals surface area contributed by atoms with Crippen LogP contribution in [0.1, 0.15) is 34.5 Å². The molecule has 0 radical (unpaired) electrons. The molecule has 140 valence electrons. The highest BCUT2D eigenvalue weighted by Crippen LogP contribution is 2.39. The molecule has 8 heteroatoms. The summed E-state index contributed by atoms with van der Waals surface area (Å²) in [6.07, 6.45) is -3.39. The maximum atomic E-state index is 13.2. The lowest BCUT2D eigenvalue weighted by Crippen LogP contribution is -2.45. The minimum atomic E-state index is -4.42. The molecule has 1 aliphatic heterocycles. The van der Waals surface area contributed by atoms with Crippen molar-refractivity contribution in [1.29, 1.82) is 0 Å². The van der Waals surface area contributed by atoms with E-state index in [0.717, 1.165) is 6.07 Å². The second-order valence-corrected chi connectivity index (χ2v) is 7.37. The lowest BCUT2D eigenvalue weighted by molar-refractivity contribution is -0.138. The number of halogens is 3. The van der Waals surface area contributed by atoms with Crippen molar-refractivity contribution in [3.63, 3.8) is 0 Å². The Morgan fingerprint density at radius 2 is 1.96 bits per heavy atom. The molecule has 0 aliphatic carbocycles. The van der Waals surface area contributed by atoms with Gasteiger partial charge in [-0.2, -0.15) is 13.2 Å². The van der Waals surface area contributed by atoms with Gasteiger partial charge in [0, 0.05) is 30.5 Å². The molecule has 1 aromatic heterocycles. The van der Waals surface area contributed by atoms with Crippen molar-refractivity contribution in [2.24, 2.45) is 5.41 Å². The first-order valence-corrected chi connectivity index (χ1v) is 9.22. The fourth-order valence-electron chi connectivity index (χ4n) is 3.41. The zero-order valence-corrected chi connectivity index (χ0v) is 14.8. The molecule has 0 atom stereocenters. The van der Waals surface area contributed by atoms with Crippen LogP contribution < -0.4 is 0 Å². The Bertz CT molecular complexity index is 754. The topological polar surface area (TPSA) is 53.4 Å². The SMILES string of the molecule is O=C(c1cscn1)N1CCC(CO)(Cc2ccccc2C(F)(F)F)CC1. The van der Waals surface area contributed by atoms with Crippen molar-refractivity contribution in [2.75, 3.05) is 19.7 Å². The third-order valence-corrected chi connectivity index (χ3v) is 5.57. The standard InChI is InChI=1S/C18H19F3N2O2S/c19-18(20,21)14-4-2-1-3-13(14)9-17(11-24)5-7-23(8-6-17)16(25)15-10-26-12-22-15/h1-4,10,12,24H,5-9,11H2. The number of carbonyl (C=O) groups excluding carboxylic acids is 1. The van der Waals surface area contributed by atoms with E-state index in [4.69, 9.17) is 0 Å². The van der Waals surface area contributed by atoms with Crippen LogP contribution >= 0.6 is 11.3 Å². The maximum absolute atomic E-state index is 13.2. The summed E-state index contributed by atoms with van der Waals surface area (Å²) in [5.74, 6) is -0.173. The highest BCUT2D eigenvalue weighted by molar-refractivity contribution is 7.07. The van der Waals surface area contributed by atoms with Gasteiger partial charge in [0.1, 0.15) is 5.69 Å². The van der Waals surface area contributed by atoms with E-state index in [2.05, 4.69) is 4.98 Å². The molecule has 26 heavy (non-hydrogen) atoms. The average molecular weight is 384 g/mol. The Balaban J connectivity index is 1.73. The van der Waals surface area contributed by atoms with Gasteiger partial charge in [-0.15, -0.1) is 11.3 Å². The molecule has 1 saturated heterocycles. The first-order chi connectivity index (χ1) is 12.3. The summed E-state index contributed by atoms with van der Waals surface area (Å²) in [4.78, 5) is 18.0. The van der Waals surface area contributed by atoms with Gasteiger partial charge in [0.15, 0.2) is 0 Å². The normalized spacial score (nSPS) is 17.3. The van der Waals surface area contributed by atoms with E-state index in [1.165, 1.54) is 23.5 Å². The zero-order valence-electron chi connectivity index (χ0n) is 14.0. The van der Waals surface area contributed by atoms with E-state index in [1.54, 1.807) is 21.9 Å². The number of hydrogen-bond acceptors (Lipinski definition) is 4. The molecule has 0 spiro atoms. The molecule has 3 rings (SSSR count). The van der Waals surface area contributed by atoms with E-state index in [1.807, 2.05) is 0 Å². The molecule has 0 unspecified atom stereocenters. The van der Waals surface area contributed by atoms with Gasteiger partial charge in [0.2, 0.25) is 0 Å². The van der Waals surface area contributed by atoms with Crippen LogP contribution in [0.2, 0.25) is 0 Å². The molecule has 2 heterocycles. The predicted molar refractivity (Wildman–Crippen MR) is 91.9 cm³/mol. The maximum Gasteiger partial charge on any atom is 0.416 e. The Morgan fingerprint density at radius 1 is 1.27 bits per heavy atom. The highest BCUT2D eigenvalue weighted by Gasteiger charge is 2.39. The Labute approximate surface area is 153 Å². The number of aromatic nitrogens is 1. The lowest BCUT2D eigenvalue weighted by Gasteiger charge is -2.41. The van der Waals surface area contributed by atoms with Crippen molar-refractivity contribution < 1.29 is 23.1 Å². The number of aliphatic hydroxyl groups is 1. The summed E-state index contributed by atoms with van der Waals surface area (Å²) in [5.41, 5.74) is 0.847. The minimum absolute atomic E-state index is 0.137. The van der Waals surface area contributed by atoms with Crippen molar-refractivity contribution in [3.05, 3.63) is 52.0 Å². The van der Waals surface area contributed by atoms with Crippen molar-refractivity contribution in [2.45, 2.75) is 25.4 Å². The molecule has 1 fully saturated rings. The largest absolute Gasteiger partial charge is 0.416 e. The van der Waals surface area contributed by atoms with Gasteiger partial charge in [0.05, 0.1) is 11.1 Å². The van der Waals surface area contributed by atoms with Crippen LogP contribution in [-0.2, 0) is 12.6 Å². The molecular formula is C18H19F3N2O2S. The Kier molecular flexibility index (Phi) is 5.34. The predicted octanol–water partition coefficient (Wildman–Crippen LogP) is 3.62. The summed E-state index contributed by atoms with van der Waals surface area (Å²) in [7, 11) is 0. The van der Waals surface area contributed by atoms with Crippen molar-refractivity contribution in [3.8, 4) is 0 Å². The summed E-state index contributed by atoms with van der Waals surface area (Å²) >= 11 is 1.34. The van der Waals surface area contributed by atoms with Crippen LogP contribution in [0.5, 0.6) is 0 Å². The Hall–Kier alpha value is -1.93. The number of piperidine rings is 1. The number of carbonyl (C=O) groups is 1. The third-order valence-electron chi connectivity index (χ3n) is 4.99. The van der Waals surface area contributed by atoms with E-state index < -0.39 is 17.2 Å². The minimum Gasteiger partial charge on any atom is -0.396 e. The van der Waals surface area contributed by atoms with Gasteiger partial charge in [-0.3, -0.25) is 4.79 Å². The summed E-state index contributed by atoms with van der Waals surface area (Å²) < 4.78 is 39.7. The van der Waals surface area contributed by atoms with Crippen LogP contribution in [0.4, 0.5) is 13.2 Å². The van der Waals surface area contributed by atoms with E-state index in [0.29, 0.717) is 31.6 Å². The van der Waals surface area contributed by atoms with Crippen LogP contribution in [0.25, 0.3) is 0 Å². The second kappa shape index (κ2) is 7.36. The lowest BCUT2D eigenvalue weighted by atomic mass is 9.73. The fraction of sp³-hybridized carbons (Fsp3) is 0.444. The zero-order chi connectivity index (χ0) is 18.8. The van der Waals surface area contributed by atoms with Gasteiger partial charge >= 0.3 is 6.18 Å².